The zero-order chi connectivity index (χ0) is 19.4. The molecule has 0 saturated carbocycles. The molecule has 2 aromatic rings. The molecule has 3 rings (SSSR count). The second-order valence-electron chi connectivity index (χ2n) is 6.28. The molecule has 0 atom stereocenters. The summed E-state index contributed by atoms with van der Waals surface area (Å²) in [6, 6.07) is 10.7. The van der Waals surface area contributed by atoms with E-state index in [9.17, 15) is 9.59 Å². The van der Waals surface area contributed by atoms with Crippen LogP contribution in [-0.2, 0) is 4.79 Å². The fourth-order valence-corrected chi connectivity index (χ4v) is 2.74. The SMILES string of the molecule is COc1cc(C(=O)N(C)CC(=O)Nc2ccc(C)cc2)cc2c1OCCO2. The van der Waals surface area contributed by atoms with E-state index in [1.165, 1.54) is 12.0 Å². The second kappa shape index (κ2) is 7.99. The maximum Gasteiger partial charge on any atom is 0.254 e. The molecule has 27 heavy (non-hydrogen) atoms. The molecule has 1 aliphatic rings. The quantitative estimate of drug-likeness (QED) is 0.875. The molecule has 0 bridgehead atoms. The van der Waals surface area contributed by atoms with E-state index in [1.807, 2.05) is 31.2 Å². The Morgan fingerprint density at radius 2 is 1.85 bits per heavy atom. The number of nitrogens with zero attached hydrogens (tertiary/aromatic N) is 1. The van der Waals surface area contributed by atoms with Crippen molar-refractivity contribution in [3.8, 4) is 17.2 Å². The third-order valence-corrected chi connectivity index (χ3v) is 4.14. The van der Waals surface area contributed by atoms with Crippen molar-refractivity contribution < 1.29 is 23.8 Å². The Bertz CT molecular complexity index is 831. The zero-order valence-corrected chi connectivity index (χ0v) is 15.6. The van der Waals surface area contributed by atoms with Gasteiger partial charge < -0.3 is 24.4 Å². The van der Waals surface area contributed by atoms with Crippen LogP contribution in [-0.4, -0.2) is 50.6 Å². The number of likely N-dealkylation sites (N-methyl/N-ethyl adjacent to an activating group) is 1. The summed E-state index contributed by atoms with van der Waals surface area (Å²) < 4.78 is 16.4. The summed E-state index contributed by atoms with van der Waals surface area (Å²) in [5.41, 5.74) is 2.15. The third kappa shape index (κ3) is 4.31. The van der Waals surface area contributed by atoms with Gasteiger partial charge in [0, 0.05) is 18.3 Å². The molecule has 2 amide bonds. The summed E-state index contributed by atoms with van der Waals surface area (Å²) in [7, 11) is 3.07. The molecule has 7 heteroatoms. The lowest BCUT2D eigenvalue weighted by molar-refractivity contribution is -0.116. The average molecular weight is 370 g/mol. The number of hydrogen-bond donors (Lipinski definition) is 1. The van der Waals surface area contributed by atoms with E-state index >= 15 is 0 Å². The predicted octanol–water partition coefficient (Wildman–Crippen LogP) is 2.49. The summed E-state index contributed by atoms with van der Waals surface area (Å²) in [6.45, 7) is 2.72. The van der Waals surface area contributed by atoms with Gasteiger partial charge in [-0.05, 0) is 31.2 Å². The highest BCUT2D eigenvalue weighted by Crippen LogP contribution is 2.40. The number of anilines is 1. The van der Waals surface area contributed by atoms with Crippen LogP contribution >= 0.6 is 0 Å². The number of carbonyl (C=O) groups is 2. The van der Waals surface area contributed by atoms with Crippen LogP contribution in [0.25, 0.3) is 0 Å². The van der Waals surface area contributed by atoms with Crippen molar-refractivity contribution in [2.45, 2.75) is 6.92 Å². The van der Waals surface area contributed by atoms with Gasteiger partial charge in [-0.1, -0.05) is 17.7 Å². The molecule has 0 fully saturated rings. The summed E-state index contributed by atoms with van der Waals surface area (Å²) in [5.74, 6) is 0.776. The molecule has 1 aliphatic heterocycles. The molecule has 0 saturated heterocycles. The lowest BCUT2D eigenvalue weighted by atomic mass is 10.1. The molecule has 1 heterocycles. The lowest BCUT2D eigenvalue weighted by Gasteiger charge is -2.22. The van der Waals surface area contributed by atoms with Gasteiger partial charge in [0.05, 0.1) is 13.7 Å². The Kier molecular flexibility index (Phi) is 5.49. The highest BCUT2D eigenvalue weighted by Gasteiger charge is 2.23. The van der Waals surface area contributed by atoms with E-state index in [2.05, 4.69) is 5.32 Å². The molecule has 0 radical (unpaired) electrons. The smallest absolute Gasteiger partial charge is 0.254 e. The van der Waals surface area contributed by atoms with Gasteiger partial charge in [0.2, 0.25) is 11.7 Å². The standard InChI is InChI=1S/C20H22N2O5/c1-13-4-6-15(7-5-13)21-18(23)12-22(2)20(24)14-10-16(25-3)19-17(11-14)26-8-9-27-19/h4-7,10-11H,8-9,12H2,1-3H3,(H,21,23). The first-order valence-corrected chi connectivity index (χ1v) is 8.57. The molecule has 0 spiro atoms. The average Bonchev–Trinajstić information content (AvgIpc) is 2.68. The van der Waals surface area contributed by atoms with Crippen LogP contribution in [0.15, 0.2) is 36.4 Å². The van der Waals surface area contributed by atoms with Gasteiger partial charge in [0.1, 0.15) is 13.2 Å². The van der Waals surface area contributed by atoms with Crippen LogP contribution < -0.4 is 19.5 Å². The summed E-state index contributed by atoms with van der Waals surface area (Å²) in [5, 5.41) is 2.78. The first kappa shape index (κ1) is 18.6. The van der Waals surface area contributed by atoms with Gasteiger partial charge in [-0.25, -0.2) is 0 Å². The highest BCUT2D eigenvalue weighted by molar-refractivity contribution is 6.00. The van der Waals surface area contributed by atoms with Gasteiger partial charge in [-0.15, -0.1) is 0 Å². The number of benzene rings is 2. The van der Waals surface area contributed by atoms with Crippen LogP contribution in [0.4, 0.5) is 5.69 Å². The Labute approximate surface area is 157 Å². The number of ether oxygens (including phenoxy) is 3. The fourth-order valence-electron chi connectivity index (χ4n) is 2.74. The lowest BCUT2D eigenvalue weighted by Crippen LogP contribution is -2.35. The van der Waals surface area contributed by atoms with Crippen molar-refractivity contribution >= 4 is 17.5 Å². The van der Waals surface area contributed by atoms with Gasteiger partial charge in [0.15, 0.2) is 11.5 Å². The minimum Gasteiger partial charge on any atom is -0.493 e. The molecule has 0 aromatic heterocycles. The van der Waals surface area contributed by atoms with E-state index in [1.54, 1.807) is 19.2 Å². The number of nitrogens with one attached hydrogen (secondary N) is 1. The molecule has 0 unspecified atom stereocenters. The van der Waals surface area contributed by atoms with Crippen molar-refractivity contribution in [3.05, 3.63) is 47.5 Å². The second-order valence-corrected chi connectivity index (χ2v) is 6.28. The maximum atomic E-state index is 12.7. The molecular formula is C20H22N2O5. The maximum absolute atomic E-state index is 12.7. The number of methoxy groups -OCH3 is 1. The van der Waals surface area contributed by atoms with E-state index in [0.717, 1.165) is 5.56 Å². The summed E-state index contributed by atoms with van der Waals surface area (Å²) in [6.07, 6.45) is 0. The molecule has 1 N–H and O–H groups in total. The van der Waals surface area contributed by atoms with E-state index < -0.39 is 0 Å². The Hall–Kier alpha value is -3.22. The normalized spacial score (nSPS) is 12.3. The van der Waals surface area contributed by atoms with Crippen molar-refractivity contribution in [1.82, 2.24) is 4.90 Å². The first-order valence-electron chi connectivity index (χ1n) is 8.57. The third-order valence-electron chi connectivity index (χ3n) is 4.14. The van der Waals surface area contributed by atoms with Gasteiger partial charge >= 0.3 is 0 Å². The van der Waals surface area contributed by atoms with Crippen molar-refractivity contribution in [3.63, 3.8) is 0 Å². The number of carbonyl (C=O) groups excluding carboxylic acids is 2. The Balaban J connectivity index is 1.69. The van der Waals surface area contributed by atoms with E-state index in [0.29, 0.717) is 41.7 Å². The predicted molar refractivity (Wildman–Crippen MR) is 101 cm³/mol. The molecule has 7 nitrogen and oxygen atoms in total. The minimum absolute atomic E-state index is 0.0799. The largest absolute Gasteiger partial charge is 0.493 e. The van der Waals surface area contributed by atoms with Crippen LogP contribution in [0.1, 0.15) is 15.9 Å². The number of rotatable bonds is 5. The topological polar surface area (TPSA) is 77.1 Å². The van der Waals surface area contributed by atoms with E-state index in [4.69, 9.17) is 14.2 Å². The number of fused-ring (bicyclic) bond motifs is 1. The molecule has 2 aromatic carbocycles. The summed E-state index contributed by atoms with van der Waals surface area (Å²) >= 11 is 0. The van der Waals surface area contributed by atoms with Gasteiger partial charge in [-0.2, -0.15) is 0 Å². The van der Waals surface area contributed by atoms with E-state index in [-0.39, 0.29) is 18.4 Å². The van der Waals surface area contributed by atoms with Gasteiger partial charge in [0.25, 0.3) is 5.91 Å². The van der Waals surface area contributed by atoms with Crippen LogP contribution in [0.2, 0.25) is 0 Å². The molecule has 142 valence electrons. The van der Waals surface area contributed by atoms with Crippen LogP contribution in [0.5, 0.6) is 17.2 Å². The van der Waals surface area contributed by atoms with Crippen molar-refractivity contribution in [2.75, 3.05) is 39.2 Å². The highest BCUT2D eigenvalue weighted by atomic mass is 16.6. The van der Waals surface area contributed by atoms with Crippen molar-refractivity contribution in [1.29, 1.82) is 0 Å². The van der Waals surface area contributed by atoms with Crippen molar-refractivity contribution in [2.24, 2.45) is 0 Å². The monoisotopic (exact) mass is 370 g/mol. The summed E-state index contributed by atoms with van der Waals surface area (Å²) in [4.78, 5) is 26.3. The first-order chi connectivity index (χ1) is 13.0. The number of amides is 2. The van der Waals surface area contributed by atoms with Crippen LogP contribution in [0, 0.1) is 6.92 Å². The Morgan fingerprint density at radius 3 is 2.56 bits per heavy atom. The molecule has 0 aliphatic carbocycles. The fraction of sp³-hybridized carbons (Fsp3) is 0.300. The Morgan fingerprint density at radius 1 is 1.15 bits per heavy atom. The van der Waals surface area contributed by atoms with Crippen LogP contribution in [0.3, 0.4) is 0 Å². The number of hydrogen-bond acceptors (Lipinski definition) is 5. The molecular weight excluding hydrogens is 348 g/mol. The number of aryl methyl sites for hydroxylation is 1. The zero-order valence-electron chi connectivity index (χ0n) is 15.6. The van der Waals surface area contributed by atoms with Gasteiger partial charge in [-0.3, -0.25) is 9.59 Å². The minimum atomic E-state index is -0.315.